The Labute approximate surface area is 69.0 Å². The summed E-state index contributed by atoms with van der Waals surface area (Å²) in [5.41, 5.74) is 4.70. The van der Waals surface area contributed by atoms with E-state index in [9.17, 15) is 13.2 Å². The largest absolute Gasteiger partial charge is 0.403 e. The third kappa shape index (κ3) is 6.40. The number of hydrogen-bond donors (Lipinski definition) is 2. The van der Waals surface area contributed by atoms with Gasteiger partial charge in [-0.2, -0.15) is 13.2 Å². The molecule has 0 aliphatic carbocycles. The number of rotatable bonds is 3. The second kappa shape index (κ2) is 5.62. The second-order valence-corrected chi connectivity index (χ2v) is 2.01. The molecule has 0 unspecified atom stereocenters. The molecule has 0 aromatic carbocycles. The third-order valence-electron chi connectivity index (χ3n) is 1.09. The lowest BCUT2D eigenvalue weighted by atomic mass is 10.2. The van der Waals surface area contributed by atoms with Crippen LogP contribution in [0.5, 0.6) is 0 Å². The predicted octanol–water partition coefficient (Wildman–Crippen LogP) is 1.07. The number of hydrogen-bond acceptors (Lipinski definition) is 2. The predicted molar refractivity (Wildman–Crippen MR) is 37.6 cm³/mol. The van der Waals surface area contributed by atoms with Crippen LogP contribution in [0.15, 0.2) is 0 Å². The van der Waals surface area contributed by atoms with Crippen LogP contribution in [-0.4, -0.2) is 23.9 Å². The van der Waals surface area contributed by atoms with Crippen molar-refractivity contribution in [2.45, 2.75) is 25.1 Å². The van der Waals surface area contributed by atoms with Crippen molar-refractivity contribution >= 4 is 12.4 Å². The van der Waals surface area contributed by atoms with Crippen LogP contribution in [-0.2, 0) is 0 Å². The molecule has 6 heteroatoms. The van der Waals surface area contributed by atoms with Crippen LogP contribution in [0.4, 0.5) is 13.2 Å². The number of aliphatic hydroxyl groups excluding tert-OH is 1. The standard InChI is InChI=1S/C5H10F3NO.ClH/c6-5(7,8)4(9)2-1-3-10;/h4,10H,1-3,9H2;1H/t4-;/m0./s1. The maximum absolute atomic E-state index is 11.6. The highest BCUT2D eigenvalue weighted by Crippen LogP contribution is 2.20. The van der Waals surface area contributed by atoms with Crippen molar-refractivity contribution in [2.24, 2.45) is 5.73 Å². The van der Waals surface area contributed by atoms with Gasteiger partial charge in [0.1, 0.15) is 6.04 Å². The van der Waals surface area contributed by atoms with Crippen LogP contribution in [0, 0.1) is 0 Å². The SMILES string of the molecule is Cl.N[C@@H](CCCO)C(F)(F)F. The second-order valence-electron chi connectivity index (χ2n) is 2.01. The first-order valence-corrected chi connectivity index (χ1v) is 2.91. The van der Waals surface area contributed by atoms with Gasteiger partial charge >= 0.3 is 6.18 Å². The molecule has 0 saturated carbocycles. The molecule has 0 fully saturated rings. The quantitative estimate of drug-likeness (QED) is 0.705. The Morgan fingerprint density at radius 1 is 1.36 bits per heavy atom. The van der Waals surface area contributed by atoms with Gasteiger partial charge in [-0.1, -0.05) is 0 Å². The van der Waals surface area contributed by atoms with Crippen molar-refractivity contribution in [3.05, 3.63) is 0 Å². The summed E-state index contributed by atoms with van der Waals surface area (Å²) in [6.45, 7) is -0.246. The molecule has 3 N–H and O–H groups in total. The molecular weight excluding hydrogens is 183 g/mol. The van der Waals surface area contributed by atoms with Crippen molar-refractivity contribution in [2.75, 3.05) is 6.61 Å². The zero-order chi connectivity index (χ0) is 8.20. The van der Waals surface area contributed by atoms with Crippen molar-refractivity contribution < 1.29 is 18.3 Å². The Hall–Kier alpha value is -0.0000000000000000555. The molecule has 0 heterocycles. The van der Waals surface area contributed by atoms with E-state index in [1.807, 2.05) is 0 Å². The number of aliphatic hydroxyl groups is 1. The lowest BCUT2D eigenvalue weighted by molar-refractivity contribution is -0.149. The molecule has 2 nitrogen and oxygen atoms in total. The van der Waals surface area contributed by atoms with Crippen LogP contribution in [0.3, 0.4) is 0 Å². The first-order chi connectivity index (χ1) is 4.48. The van der Waals surface area contributed by atoms with E-state index in [4.69, 9.17) is 10.8 Å². The Morgan fingerprint density at radius 3 is 2.09 bits per heavy atom. The van der Waals surface area contributed by atoms with E-state index in [0.29, 0.717) is 0 Å². The number of alkyl halides is 3. The zero-order valence-corrected chi connectivity index (χ0v) is 6.58. The van der Waals surface area contributed by atoms with Gasteiger partial charge in [0.25, 0.3) is 0 Å². The van der Waals surface area contributed by atoms with Gasteiger partial charge in [-0.25, -0.2) is 0 Å². The maximum atomic E-state index is 11.6. The summed E-state index contributed by atoms with van der Waals surface area (Å²) in [5.74, 6) is 0. The fourth-order valence-corrected chi connectivity index (χ4v) is 0.475. The first kappa shape index (κ1) is 13.6. The molecule has 0 amide bonds. The topological polar surface area (TPSA) is 46.2 Å². The van der Waals surface area contributed by atoms with E-state index in [1.54, 1.807) is 0 Å². The van der Waals surface area contributed by atoms with Crippen molar-refractivity contribution in [3.8, 4) is 0 Å². The van der Waals surface area contributed by atoms with E-state index in [2.05, 4.69) is 0 Å². The number of halogens is 4. The van der Waals surface area contributed by atoms with E-state index < -0.39 is 12.2 Å². The van der Waals surface area contributed by atoms with Gasteiger partial charge in [-0.15, -0.1) is 12.4 Å². The minimum Gasteiger partial charge on any atom is -0.396 e. The fourth-order valence-electron chi connectivity index (χ4n) is 0.475. The molecule has 0 spiro atoms. The molecule has 0 rings (SSSR count). The van der Waals surface area contributed by atoms with Gasteiger partial charge in [0, 0.05) is 6.61 Å². The summed E-state index contributed by atoms with van der Waals surface area (Å²) in [6, 6.07) is -1.79. The fraction of sp³-hybridized carbons (Fsp3) is 1.00. The Balaban J connectivity index is 0. The van der Waals surface area contributed by atoms with Gasteiger partial charge < -0.3 is 10.8 Å². The summed E-state index contributed by atoms with van der Waals surface area (Å²) in [7, 11) is 0. The molecule has 0 aliphatic rings. The van der Waals surface area contributed by atoms with Crippen LogP contribution >= 0.6 is 12.4 Å². The maximum Gasteiger partial charge on any atom is 0.403 e. The molecule has 0 radical (unpaired) electrons. The highest BCUT2D eigenvalue weighted by molar-refractivity contribution is 5.85. The summed E-state index contributed by atoms with van der Waals surface area (Å²) in [5, 5.41) is 8.16. The van der Waals surface area contributed by atoms with Gasteiger partial charge in [0.15, 0.2) is 0 Å². The van der Waals surface area contributed by atoms with Gasteiger partial charge in [0.05, 0.1) is 0 Å². The zero-order valence-electron chi connectivity index (χ0n) is 5.77. The van der Waals surface area contributed by atoms with Crippen molar-refractivity contribution in [1.82, 2.24) is 0 Å². The Kier molecular flexibility index (Phi) is 6.94. The Morgan fingerprint density at radius 2 is 1.82 bits per heavy atom. The van der Waals surface area contributed by atoms with Gasteiger partial charge in [-0.3, -0.25) is 0 Å². The molecular formula is C5H11ClF3NO. The smallest absolute Gasteiger partial charge is 0.396 e. The summed E-state index contributed by atoms with van der Waals surface area (Å²) >= 11 is 0. The van der Waals surface area contributed by atoms with Gasteiger partial charge in [0.2, 0.25) is 0 Å². The minimum atomic E-state index is -4.32. The van der Waals surface area contributed by atoms with Crippen LogP contribution in [0.2, 0.25) is 0 Å². The van der Waals surface area contributed by atoms with Crippen LogP contribution < -0.4 is 5.73 Å². The molecule has 0 aliphatic heterocycles. The molecule has 70 valence electrons. The van der Waals surface area contributed by atoms with E-state index >= 15 is 0 Å². The Bertz CT molecular complexity index is 98.2. The summed E-state index contributed by atoms with van der Waals surface area (Å²) in [4.78, 5) is 0. The molecule has 0 aromatic rings. The highest BCUT2D eigenvalue weighted by atomic mass is 35.5. The minimum absolute atomic E-state index is 0. The van der Waals surface area contributed by atoms with Crippen molar-refractivity contribution in [3.63, 3.8) is 0 Å². The molecule has 0 bridgehead atoms. The highest BCUT2D eigenvalue weighted by Gasteiger charge is 2.35. The molecule has 11 heavy (non-hydrogen) atoms. The third-order valence-corrected chi connectivity index (χ3v) is 1.09. The monoisotopic (exact) mass is 193 g/mol. The molecule has 1 atom stereocenters. The normalized spacial score (nSPS) is 13.9. The van der Waals surface area contributed by atoms with Crippen LogP contribution in [0.25, 0.3) is 0 Å². The lowest BCUT2D eigenvalue weighted by Gasteiger charge is -2.13. The average Bonchev–Trinajstić information content (AvgIpc) is 1.80. The van der Waals surface area contributed by atoms with Crippen molar-refractivity contribution in [1.29, 1.82) is 0 Å². The van der Waals surface area contributed by atoms with Crippen LogP contribution in [0.1, 0.15) is 12.8 Å². The molecule has 0 aromatic heterocycles. The van der Waals surface area contributed by atoms with Gasteiger partial charge in [-0.05, 0) is 12.8 Å². The lowest BCUT2D eigenvalue weighted by Crippen LogP contribution is -2.37. The molecule has 0 saturated heterocycles. The van der Waals surface area contributed by atoms with E-state index in [0.717, 1.165) is 0 Å². The van der Waals surface area contributed by atoms with E-state index in [-0.39, 0.29) is 31.9 Å². The summed E-state index contributed by atoms with van der Waals surface area (Å²) < 4.78 is 34.7. The summed E-state index contributed by atoms with van der Waals surface area (Å²) in [6.07, 6.45) is -4.43. The van der Waals surface area contributed by atoms with E-state index in [1.165, 1.54) is 0 Å². The first-order valence-electron chi connectivity index (χ1n) is 2.91. The average molecular weight is 194 g/mol. The number of nitrogens with two attached hydrogens (primary N) is 1.